The summed E-state index contributed by atoms with van der Waals surface area (Å²) in [5.41, 5.74) is 8.16. The molecule has 0 fully saturated rings. The molecule has 1 amide bonds. The van der Waals surface area contributed by atoms with Gasteiger partial charge in [0.1, 0.15) is 5.69 Å². The van der Waals surface area contributed by atoms with Crippen molar-refractivity contribution in [1.82, 2.24) is 15.2 Å². The molecule has 0 unspecified atom stereocenters. The third-order valence-corrected chi connectivity index (χ3v) is 2.79. The number of H-pyrrole nitrogens is 1. The second kappa shape index (κ2) is 3.96. The van der Waals surface area contributed by atoms with Crippen LogP contribution in [0, 0.1) is 0 Å². The third-order valence-electron chi connectivity index (χ3n) is 2.79. The number of nitrogens with two attached hydrogens (primary N) is 1. The fourth-order valence-corrected chi connectivity index (χ4v) is 1.99. The van der Waals surface area contributed by atoms with Gasteiger partial charge in [-0.05, 0) is 24.3 Å². The molecule has 5 heteroatoms. The van der Waals surface area contributed by atoms with Crippen LogP contribution in [-0.4, -0.2) is 21.1 Å². The maximum absolute atomic E-state index is 11.5. The van der Waals surface area contributed by atoms with E-state index in [0.29, 0.717) is 11.3 Å². The van der Waals surface area contributed by atoms with Gasteiger partial charge in [0, 0.05) is 23.3 Å². The Labute approximate surface area is 103 Å². The minimum absolute atomic E-state index is 0.458. The largest absolute Gasteiger partial charge is 0.366 e. The molecule has 0 bridgehead atoms. The summed E-state index contributed by atoms with van der Waals surface area (Å²) in [6, 6.07) is 9.03. The Hall–Kier alpha value is -2.69. The second-order valence-electron chi connectivity index (χ2n) is 3.91. The van der Waals surface area contributed by atoms with E-state index in [0.717, 1.165) is 16.5 Å². The number of carbonyl (C=O) groups excluding carboxylic acids is 1. The standard InChI is InChI=1S/C13H10N4O/c14-13(18)9-4-1-5-10-11(9)12(17-16-10)8-3-2-6-15-7-8/h1-7H,(H2,14,18)(H,16,17). The lowest BCUT2D eigenvalue weighted by Gasteiger charge is -2.01. The Morgan fingerprint density at radius 2 is 2.11 bits per heavy atom. The quantitative estimate of drug-likeness (QED) is 0.712. The van der Waals surface area contributed by atoms with Crippen molar-refractivity contribution in [3.05, 3.63) is 48.3 Å². The van der Waals surface area contributed by atoms with Crippen LogP contribution in [0.4, 0.5) is 0 Å². The highest BCUT2D eigenvalue weighted by atomic mass is 16.1. The molecule has 0 aliphatic carbocycles. The predicted molar refractivity (Wildman–Crippen MR) is 67.8 cm³/mol. The van der Waals surface area contributed by atoms with Crippen LogP contribution in [0.1, 0.15) is 10.4 Å². The first kappa shape index (κ1) is 10.5. The Bertz CT molecular complexity index is 718. The lowest BCUT2D eigenvalue weighted by molar-refractivity contribution is 0.100. The number of primary amides is 1. The summed E-state index contributed by atoms with van der Waals surface area (Å²) in [5.74, 6) is -0.466. The van der Waals surface area contributed by atoms with Gasteiger partial charge in [-0.15, -0.1) is 0 Å². The van der Waals surface area contributed by atoms with Gasteiger partial charge < -0.3 is 5.73 Å². The molecule has 88 valence electrons. The summed E-state index contributed by atoms with van der Waals surface area (Å²) in [6.07, 6.45) is 3.39. The van der Waals surface area contributed by atoms with Crippen LogP contribution in [0.3, 0.4) is 0 Å². The highest BCUT2D eigenvalue weighted by molar-refractivity contribution is 6.10. The number of nitrogens with one attached hydrogen (secondary N) is 1. The van der Waals surface area contributed by atoms with Crippen molar-refractivity contribution < 1.29 is 4.79 Å². The molecule has 0 aliphatic heterocycles. The number of rotatable bonds is 2. The number of aromatic nitrogens is 3. The summed E-state index contributed by atoms with van der Waals surface area (Å²) >= 11 is 0. The summed E-state index contributed by atoms with van der Waals surface area (Å²) in [6.45, 7) is 0. The maximum Gasteiger partial charge on any atom is 0.249 e. The molecule has 1 aromatic carbocycles. The molecule has 0 aliphatic rings. The number of benzene rings is 1. The van der Waals surface area contributed by atoms with Gasteiger partial charge in [0.15, 0.2) is 0 Å². The Kier molecular flexibility index (Phi) is 2.30. The fourth-order valence-electron chi connectivity index (χ4n) is 1.99. The van der Waals surface area contributed by atoms with E-state index in [1.54, 1.807) is 24.5 Å². The van der Waals surface area contributed by atoms with Crippen LogP contribution in [0.2, 0.25) is 0 Å². The number of aromatic amines is 1. The molecule has 0 radical (unpaired) electrons. The summed E-state index contributed by atoms with van der Waals surface area (Å²) in [4.78, 5) is 15.5. The number of pyridine rings is 1. The number of nitrogens with zero attached hydrogens (tertiary/aromatic N) is 2. The number of hydrogen-bond acceptors (Lipinski definition) is 3. The normalized spacial score (nSPS) is 10.7. The zero-order valence-electron chi connectivity index (χ0n) is 9.42. The molecule has 0 atom stereocenters. The SMILES string of the molecule is NC(=O)c1cccc2[nH]nc(-c3cccnc3)c12. The lowest BCUT2D eigenvalue weighted by atomic mass is 10.0. The van der Waals surface area contributed by atoms with Crippen LogP contribution < -0.4 is 5.73 Å². The third kappa shape index (κ3) is 1.53. The number of carbonyl (C=O) groups is 1. The van der Waals surface area contributed by atoms with E-state index in [1.165, 1.54) is 0 Å². The van der Waals surface area contributed by atoms with Gasteiger partial charge in [-0.25, -0.2) is 0 Å². The van der Waals surface area contributed by atoms with Crippen LogP contribution in [0.15, 0.2) is 42.7 Å². The van der Waals surface area contributed by atoms with E-state index in [1.807, 2.05) is 18.2 Å². The van der Waals surface area contributed by atoms with Crippen LogP contribution in [0.5, 0.6) is 0 Å². The Morgan fingerprint density at radius 3 is 2.83 bits per heavy atom. The van der Waals surface area contributed by atoms with Gasteiger partial charge in [-0.2, -0.15) is 5.10 Å². The summed E-state index contributed by atoms with van der Waals surface area (Å²) < 4.78 is 0. The van der Waals surface area contributed by atoms with E-state index in [2.05, 4.69) is 15.2 Å². The van der Waals surface area contributed by atoms with Gasteiger partial charge in [0.05, 0.1) is 11.1 Å². The van der Waals surface area contributed by atoms with Crippen LogP contribution in [-0.2, 0) is 0 Å². The minimum atomic E-state index is -0.466. The van der Waals surface area contributed by atoms with Gasteiger partial charge >= 0.3 is 0 Å². The zero-order chi connectivity index (χ0) is 12.5. The average molecular weight is 238 g/mol. The Morgan fingerprint density at radius 1 is 1.22 bits per heavy atom. The van der Waals surface area contributed by atoms with Crippen molar-refractivity contribution in [2.75, 3.05) is 0 Å². The van der Waals surface area contributed by atoms with Crippen molar-refractivity contribution in [3.63, 3.8) is 0 Å². The predicted octanol–water partition coefficient (Wildman–Crippen LogP) is 1.72. The van der Waals surface area contributed by atoms with Crippen molar-refractivity contribution in [2.45, 2.75) is 0 Å². The first-order chi connectivity index (χ1) is 8.77. The molecule has 3 rings (SSSR count). The van der Waals surface area contributed by atoms with E-state index >= 15 is 0 Å². The van der Waals surface area contributed by atoms with Gasteiger partial charge in [-0.3, -0.25) is 14.9 Å². The van der Waals surface area contributed by atoms with E-state index in [-0.39, 0.29) is 0 Å². The lowest BCUT2D eigenvalue weighted by Crippen LogP contribution is -2.11. The second-order valence-corrected chi connectivity index (χ2v) is 3.91. The zero-order valence-corrected chi connectivity index (χ0v) is 9.42. The average Bonchev–Trinajstić information content (AvgIpc) is 2.83. The van der Waals surface area contributed by atoms with Crippen LogP contribution in [0.25, 0.3) is 22.2 Å². The highest BCUT2D eigenvalue weighted by Gasteiger charge is 2.14. The first-order valence-corrected chi connectivity index (χ1v) is 5.44. The minimum Gasteiger partial charge on any atom is -0.366 e. The van der Waals surface area contributed by atoms with E-state index < -0.39 is 5.91 Å². The van der Waals surface area contributed by atoms with Crippen molar-refractivity contribution in [2.24, 2.45) is 5.73 Å². The number of fused-ring (bicyclic) bond motifs is 1. The summed E-state index contributed by atoms with van der Waals surface area (Å²) in [5, 5.41) is 7.87. The van der Waals surface area contributed by atoms with Crippen molar-refractivity contribution in [1.29, 1.82) is 0 Å². The maximum atomic E-state index is 11.5. The molecule has 3 N–H and O–H groups in total. The van der Waals surface area contributed by atoms with Crippen LogP contribution >= 0.6 is 0 Å². The monoisotopic (exact) mass is 238 g/mol. The molecule has 0 saturated carbocycles. The smallest absolute Gasteiger partial charge is 0.249 e. The fraction of sp³-hybridized carbons (Fsp3) is 0. The molecule has 0 saturated heterocycles. The first-order valence-electron chi connectivity index (χ1n) is 5.44. The van der Waals surface area contributed by atoms with Crippen molar-refractivity contribution >= 4 is 16.8 Å². The van der Waals surface area contributed by atoms with E-state index in [9.17, 15) is 4.79 Å². The topological polar surface area (TPSA) is 84.7 Å². The molecule has 3 aromatic rings. The molecule has 18 heavy (non-hydrogen) atoms. The molecule has 0 spiro atoms. The Balaban J connectivity index is 2.35. The molecular formula is C13H10N4O. The summed E-state index contributed by atoms with van der Waals surface area (Å²) in [7, 11) is 0. The van der Waals surface area contributed by atoms with Gasteiger partial charge in [0.25, 0.3) is 0 Å². The number of hydrogen-bond donors (Lipinski definition) is 2. The molecule has 5 nitrogen and oxygen atoms in total. The van der Waals surface area contributed by atoms with Gasteiger partial charge in [0.2, 0.25) is 5.91 Å². The molecule has 2 heterocycles. The highest BCUT2D eigenvalue weighted by Crippen LogP contribution is 2.28. The number of amides is 1. The van der Waals surface area contributed by atoms with Crippen molar-refractivity contribution in [3.8, 4) is 11.3 Å². The molecule has 2 aromatic heterocycles. The molecular weight excluding hydrogens is 228 g/mol. The van der Waals surface area contributed by atoms with E-state index in [4.69, 9.17) is 5.73 Å². The van der Waals surface area contributed by atoms with Gasteiger partial charge in [-0.1, -0.05) is 6.07 Å².